The average molecular weight is 298 g/mol. The number of aromatic carboxylic acids is 1. The minimum atomic E-state index is -1.42. The number of carboxylic acids is 1. The number of rotatable bonds is 3. The van der Waals surface area contributed by atoms with Crippen LogP contribution in [0.5, 0.6) is 0 Å². The van der Waals surface area contributed by atoms with Gasteiger partial charge in [0.1, 0.15) is 6.10 Å². The first-order valence-corrected chi connectivity index (χ1v) is 5.78. The fourth-order valence-corrected chi connectivity index (χ4v) is 1.40. The van der Waals surface area contributed by atoms with Crippen molar-refractivity contribution in [2.45, 2.75) is 12.2 Å². The first kappa shape index (κ1) is 16.5. The Kier molecular flexibility index (Phi) is 5.70. The Hall–Kier alpha value is -2.58. The van der Waals surface area contributed by atoms with E-state index in [1.807, 2.05) is 0 Å². The molecule has 2 atom stereocenters. The summed E-state index contributed by atoms with van der Waals surface area (Å²) < 4.78 is 4.32. The predicted molar refractivity (Wildman–Crippen MR) is 68.7 cm³/mol. The minimum absolute atomic E-state index is 0.331. The Morgan fingerprint density at radius 2 is 1.81 bits per heavy atom. The van der Waals surface area contributed by atoms with Gasteiger partial charge in [-0.2, -0.15) is 0 Å². The molecule has 0 radical (unpaired) electrons. The molecule has 114 valence electrons. The summed E-state index contributed by atoms with van der Waals surface area (Å²) in [5.74, 6) is -3.66. The fraction of sp³-hybridized carbons (Fsp3) is 0.231. The van der Waals surface area contributed by atoms with Crippen LogP contribution in [0.3, 0.4) is 0 Å². The minimum Gasteiger partial charge on any atom is -0.505 e. The molecule has 1 unspecified atom stereocenters. The summed E-state index contributed by atoms with van der Waals surface area (Å²) >= 11 is 0. The van der Waals surface area contributed by atoms with E-state index in [1.165, 1.54) is 0 Å². The lowest BCUT2D eigenvalue weighted by Crippen LogP contribution is -2.31. The molecular formula is C13H14O8. The van der Waals surface area contributed by atoms with E-state index in [1.54, 1.807) is 30.3 Å². The van der Waals surface area contributed by atoms with Crippen LogP contribution in [0.15, 0.2) is 41.9 Å². The van der Waals surface area contributed by atoms with Crippen LogP contribution in [-0.2, 0) is 9.53 Å². The van der Waals surface area contributed by atoms with Crippen molar-refractivity contribution in [3.63, 3.8) is 0 Å². The van der Waals surface area contributed by atoms with Gasteiger partial charge in [0.25, 0.3) is 0 Å². The number of hydrogen-bond donors (Lipinski definition) is 5. The van der Waals surface area contributed by atoms with Crippen LogP contribution in [-0.4, -0.2) is 56.3 Å². The molecular weight excluding hydrogens is 284 g/mol. The van der Waals surface area contributed by atoms with Gasteiger partial charge in [0.15, 0.2) is 11.9 Å². The first-order valence-electron chi connectivity index (χ1n) is 5.78. The Bertz CT molecular complexity index is 536. The normalized spacial score (nSPS) is 18.6. The highest BCUT2D eigenvalue weighted by molar-refractivity contribution is 5.89. The van der Waals surface area contributed by atoms with Crippen LogP contribution < -0.4 is 0 Å². The lowest BCUT2D eigenvalue weighted by molar-refractivity contribution is -0.147. The first-order chi connectivity index (χ1) is 9.88. The maximum absolute atomic E-state index is 10.5. The second kappa shape index (κ2) is 7.27. The standard InChI is InChI=1S/C7H6O2.C6H8O6/c8-7(9)6-4-2-1-3-5-6;7-1-2(8)5-3(9)4(10)6(11)12-5/h1-5H,(H,8,9);2,5,7-10H,1H2/t;2?,5-/m.1/s1. The maximum Gasteiger partial charge on any atom is 0.377 e. The molecule has 0 aliphatic carbocycles. The fourth-order valence-electron chi connectivity index (χ4n) is 1.40. The molecule has 1 heterocycles. The zero-order chi connectivity index (χ0) is 16.0. The van der Waals surface area contributed by atoms with Crippen LogP contribution in [0.1, 0.15) is 10.4 Å². The van der Waals surface area contributed by atoms with Crippen molar-refractivity contribution in [3.8, 4) is 0 Å². The number of carboxylic acid groups (broad SMARTS) is 1. The summed E-state index contributed by atoms with van der Waals surface area (Å²) in [6, 6.07) is 8.30. The number of esters is 1. The van der Waals surface area contributed by atoms with Crippen molar-refractivity contribution in [1.29, 1.82) is 0 Å². The number of carbonyl (C=O) groups is 2. The summed E-state index contributed by atoms with van der Waals surface area (Å²) in [5.41, 5.74) is 0.331. The van der Waals surface area contributed by atoms with E-state index in [-0.39, 0.29) is 0 Å². The molecule has 0 bridgehead atoms. The molecule has 0 fully saturated rings. The molecule has 1 aliphatic rings. The molecule has 8 nitrogen and oxygen atoms in total. The van der Waals surface area contributed by atoms with Crippen molar-refractivity contribution in [1.82, 2.24) is 0 Å². The third-order valence-electron chi connectivity index (χ3n) is 2.50. The van der Waals surface area contributed by atoms with Crippen molar-refractivity contribution in [2.24, 2.45) is 0 Å². The van der Waals surface area contributed by atoms with Gasteiger partial charge >= 0.3 is 11.9 Å². The molecule has 0 aromatic heterocycles. The van der Waals surface area contributed by atoms with E-state index in [9.17, 15) is 9.59 Å². The van der Waals surface area contributed by atoms with Gasteiger partial charge in [-0.25, -0.2) is 9.59 Å². The van der Waals surface area contributed by atoms with E-state index < -0.39 is 42.3 Å². The third-order valence-corrected chi connectivity index (χ3v) is 2.50. The molecule has 8 heteroatoms. The second-order valence-corrected chi connectivity index (χ2v) is 3.98. The van der Waals surface area contributed by atoms with Crippen LogP contribution in [0.4, 0.5) is 0 Å². The van der Waals surface area contributed by atoms with E-state index >= 15 is 0 Å². The van der Waals surface area contributed by atoms with Crippen molar-refractivity contribution in [3.05, 3.63) is 47.4 Å². The summed E-state index contributed by atoms with van der Waals surface area (Å²) in [6.45, 7) is -0.671. The molecule has 0 spiro atoms. The number of aliphatic hydroxyl groups excluding tert-OH is 4. The molecule has 2 rings (SSSR count). The Labute approximate surface area is 119 Å². The third kappa shape index (κ3) is 4.20. The maximum atomic E-state index is 10.5. The molecule has 21 heavy (non-hydrogen) atoms. The second-order valence-electron chi connectivity index (χ2n) is 3.98. The average Bonchev–Trinajstić information content (AvgIpc) is 2.75. The molecule has 5 N–H and O–H groups in total. The smallest absolute Gasteiger partial charge is 0.377 e. The van der Waals surface area contributed by atoms with E-state index in [0.717, 1.165) is 0 Å². The lowest BCUT2D eigenvalue weighted by atomic mass is 10.2. The van der Waals surface area contributed by atoms with E-state index in [2.05, 4.69) is 4.74 Å². The number of carbonyl (C=O) groups excluding carboxylic acids is 1. The highest BCUT2D eigenvalue weighted by atomic mass is 16.6. The number of aliphatic hydroxyl groups is 4. The highest BCUT2D eigenvalue weighted by Crippen LogP contribution is 2.20. The molecule has 1 aliphatic heterocycles. The molecule has 0 saturated heterocycles. The quantitative estimate of drug-likeness (QED) is 0.489. The Balaban J connectivity index is 0.000000219. The molecule has 0 amide bonds. The van der Waals surface area contributed by atoms with Gasteiger partial charge < -0.3 is 30.3 Å². The lowest BCUT2D eigenvalue weighted by Gasteiger charge is -2.13. The molecule has 1 aromatic carbocycles. The highest BCUT2D eigenvalue weighted by Gasteiger charge is 2.38. The van der Waals surface area contributed by atoms with Gasteiger partial charge in [0, 0.05) is 0 Å². The summed E-state index contributed by atoms with van der Waals surface area (Å²) in [4.78, 5) is 20.7. The monoisotopic (exact) mass is 298 g/mol. The topological polar surface area (TPSA) is 145 Å². The largest absolute Gasteiger partial charge is 0.505 e. The summed E-state index contributed by atoms with van der Waals surface area (Å²) in [6.07, 6.45) is -2.78. The van der Waals surface area contributed by atoms with Crippen molar-refractivity contribution < 1.29 is 39.9 Å². The van der Waals surface area contributed by atoms with Crippen molar-refractivity contribution >= 4 is 11.9 Å². The van der Waals surface area contributed by atoms with Gasteiger partial charge in [-0.1, -0.05) is 18.2 Å². The van der Waals surface area contributed by atoms with Crippen LogP contribution >= 0.6 is 0 Å². The SMILES string of the molecule is O=C(O)c1ccccc1.O=C1O[C@H](C(O)CO)C(O)=C1O. The zero-order valence-corrected chi connectivity index (χ0v) is 10.7. The van der Waals surface area contributed by atoms with Crippen LogP contribution in [0, 0.1) is 0 Å². The van der Waals surface area contributed by atoms with Crippen LogP contribution in [0.25, 0.3) is 0 Å². The van der Waals surface area contributed by atoms with E-state index in [0.29, 0.717) is 5.56 Å². The number of benzene rings is 1. The summed E-state index contributed by atoms with van der Waals surface area (Å²) in [7, 11) is 0. The van der Waals surface area contributed by atoms with Gasteiger partial charge in [-0.05, 0) is 12.1 Å². The van der Waals surface area contributed by atoms with E-state index in [4.69, 9.17) is 25.5 Å². The van der Waals surface area contributed by atoms with Gasteiger partial charge in [-0.15, -0.1) is 0 Å². The number of ether oxygens (including phenoxy) is 1. The number of cyclic esters (lactones) is 1. The Morgan fingerprint density at radius 1 is 1.24 bits per heavy atom. The van der Waals surface area contributed by atoms with Crippen molar-refractivity contribution in [2.75, 3.05) is 6.61 Å². The predicted octanol–water partition coefficient (Wildman–Crippen LogP) is -0.0226. The van der Waals surface area contributed by atoms with Crippen LogP contribution in [0.2, 0.25) is 0 Å². The van der Waals surface area contributed by atoms with Gasteiger partial charge in [0.05, 0.1) is 12.2 Å². The number of hydrogen-bond acceptors (Lipinski definition) is 7. The van der Waals surface area contributed by atoms with Gasteiger partial charge in [-0.3, -0.25) is 0 Å². The zero-order valence-electron chi connectivity index (χ0n) is 10.7. The Morgan fingerprint density at radius 3 is 2.14 bits per heavy atom. The van der Waals surface area contributed by atoms with Gasteiger partial charge in [0.2, 0.25) is 5.76 Å². The molecule has 1 aromatic rings. The summed E-state index contributed by atoms with van der Waals surface area (Å²) in [5, 5.41) is 43.4. The molecule has 0 saturated carbocycles.